The van der Waals surface area contributed by atoms with E-state index in [2.05, 4.69) is 0 Å². The van der Waals surface area contributed by atoms with E-state index in [9.17, 15) is 9.18 Å². The Bertz CT molecular complexity index is 665. The van der Waals surface area contributed by atoms with Gasteiger partial charge in [-0.1, -0.05) is 23.2 Å². The van der Waals surface area contributed by atoms with Crippen LogP contribution in [-0.2, 0) is 0 Å². The van der Waals surface area contributed by atoms with Gasteiger partial charge in [0, 0.05) is 10.6 Å². The van der Waals surface area contributed by atoms with Crippen LogP contribution >= 0.6 is 23.2 Å². The van der Waals surface area contributed by atoms with Crippen molar-refractivity contribution >= 4 is 29.0 Å². The van der Waals surface area contributed by atoms with Crippen LogP contribution in [0.15, 0.2) is 30.3 Å². The third kappa shape index (κ3) is 2.80. The van der Waals surface area contributed by atoms with Gasteiger partial charge in [0.15, 0.2) is 5.78 Å². The van der Waals surface area contributed by atoms with E-state index in [1.807, 2.05) is 13.8 Å². The summed E-state index contributed by atoms with van der Waals surface area (Å²) < 4.78 is 13.7. The monoisotopic (exact) mass is 296 g/mol. The number of carbonyl (C=O) groups excluding carboxylic acids is 1. The average Bonchev–Trinajstić information content (AvgIpc) is 2.36. The van der Waals surface area contributed by atoms with Crippen molar-refractivity contribution in [2.45, 2.75) is 13.8 Å². The Kier molecular flexibility index (Phi) is 3.93. The first-order valence-corrected chi connectivity index (χ1v) is 6.42. The van der Waals surface area contributed by atoms with Crippen LogP contribution in [-0.4, -0.2) is 5.78 Å². The molecule has 4 heteroatoms. The van der Waals surface area contributed by atoms with Gasteiger partial charge in [-0.15, -0.1) is 0 Å². The number of halogens is 3. The Morgan fingerprint density at radius 2 is 1.63 bits per heavy atom. The molecule has 0 aliphatic heterocycles. The van der Waals surface area contributed by atoms with E-state index in [1.165, 1.54) is 18.2 Å². The molecule has 98 valence electrons. The van der Waals surface area contributed by atoms with Gasteiger partial charge in [0.05, 0.1) is 10.6 Å². The normalized spacial score (nSPS) is 10.6. The molecular weight excluding hydrogens is 286 g/mol. The molecule has 0 aromatic heterocycles. The zero-order valence-corrected chi connectivity index (χ0v) is 11.9. The molecule has 2 rings (SSSR count). The van der Waals surface area contributed by atoms with Gasteiger partial charge in [-0.2, -0.15) is 0 Å². The van der Waals surface area contributed by atoms with Gasteiger partial charge < -0.3 is 0 Å². The summed E-state index contributed by atoms with van der Waals surface area (Å²) in [6, 6.07) is 7.25. The summed E-state index contributed by atoms with van der Waals surface area (Å²) in [5, 5.41) is 0.622. The van der Waals surface area contributed by atoms with Crippen LogP contribution < -0.4 is 0 Å². The molecule has 0 N–H and O–H groups in total. The summed E-state index contributed by atoms with van der Waals surface area (Å²) in [6.07, 6.45) is 0. The van der Waals surface area contributed by atoms with Crippen molar-refractivity contribution in [3.8, 4) is 0 Å². The Hall–Kier alpha value is -1.38. The van der Waals surface area contributed by atoms with Gasteiger partial charge in [0.1, 0.15) is 5.82 Å². The number of ketones is 1. The second-order valence-corrected chi connectivity index (χ2v) is 5.21. The zero-order chi connectivity index (χ0) is 14.2. The van der Waals surface area contributed by atoms with E-state index in [4.69, 9.17) is 23.2 Å². The summed E-state index contributed by atoms with van der Waals surface area (Å²) in [7, 11) is 0. The van der Waals surface area contributed by atoms with Crippen molar-refractivity contribution in [2.24, 2.45) is 0 Å². The molecule has 0 saturated carbocycles. The number of hydrogen-bond acceptors (Lipinski definition) is 1. The fraction of sp³-hybridized carbons (Fsp3) is 0.133. The minimum absolute atomic E-state index is 0.0716. The average molecular weight is 297 g/mol. The van der Waals surface area contributed by atoms with E-state index in [0.29, 0.717) is 10.0 Å². The van der Waals surface area contributed by atoms with Crippen molar-refractivity contribution < 1.29 is 9.18 Å². The molecule has 1 nitrogen and oxygen atoms in total. The molecular formula is C15H11Cl2FO. The molecule has 0 radical (unpaired) electrons. The number of rotatable bonds is 2. The van der Waals surface area contributed by atoms with Crippen molar-refractivity contribution in [3.05, 3.63) is 68.4 Å². The molecule has 2 aromatic rings. The summed E-state index contributed by atoms with van der Waals surface area (Å²) in [6.45, 7) is 3.77. The van der Waals surface area contributed by atoms with Crippen molar-refractivity contribution in [1.29, 1.82) is 0 Å². The molecule has 0 saturated heterocycles. The summed E-state index contributed by atoms with van der Waals surface area (Å²) in [5.74, 6) is -1.07. The van der Waals surface area contributed by atoms with E-state index in [1.54, 1.807) is 12.1 Å². The lowest BCUT2D eigenvalue weighted by molar-refractivity contribution is 0.103. The summed E-state index contributed by atoms with van der Waals surface area (Å²) in [4.78, 5) is 12.3. The largest absolute Gasteiger partial charge is 0.288 e. The van der Waals surface area contributed by atoms with Gasteiger partial charge in [0.25, 0.3) is 0 Å². The van der Waals surface area contributed by atoms with Gasteiger partial charge >= 0.3 is 0 Å². The molecule has 0 amide bonds. The highest BCUT2D eigenvalue weighted by atomic mass is 35.5. The first kappa shape index (κ1) is 14.0. The van der Waals surface area contributed by atoms with Crippen molar-refractivity contribution in [1.82, 2.24) is 0 Å². The lowest BCUT2D eigenvalue weighted by Crippen LogP contribution is -2.06. The molecule has 19 heavy (non-hydrogen) atoms. The quantitative estimate of drug-likeness (QED) is 0.714. The van der Waals surface area contributed by atoms with Crippen LogP contribution in [0.2, 0.25) is 10.0 Å². The fourth-order valence-corrected chi connectivity index (χ4v) is 2.25. The molecule has 0 aliphatic rings. The lowest BCUT2D eigenvalue weighted by atomic mass is 9.99. The minimum Gasteiger partial charge on any atom is -0.288 e. The maximum atomic E-state index is 13.7. The van der Waals surface area contributed by atoms with Crippen LogP contribution in [0.1, 0.15) is 27.0 Å². The third-order valence-corrected chi connectivity index (χ3v) is 3.55. The van der Waals surface area contributed by atoms with Crippen LogP contribution in [0.4, 0.5) is 4.39 Å². The standard InChI is InChI=1S/C15H11Cl2FO/c1-8-5-11(13(17)6-9(8)2)15(19)12-7-10(16)3-4-14(12)18/h3-7H,1-2H3. The van der Waals surface area contributed by atoms with Gasteiger partial charge in [-0.05, 0) is 55.3 Å². The predicted octanol–water partition coefficient (Wildman–Crippen LogP) is 4.98. The number of benzene rings is 2. The predicted molar refractivity (Wildman–Crippen MR) is 75.8 cm³/mol. The lowest BCUT2D eigenvalue weighted by Gasteiger charge is -2.08. The highest BCUT2D eigenvalue weighted by Crippen LogP contribution is 2.25. The molecule has 2 aromatic carbocycles. The highest BCUT2D eigenvalue weighted by molar-refractivity contribution is 6.35. The van der Waals surface area contributed by atoms with Crippen LogP contribution in [0.25, 0.3) is 0 Å². The Balaban J connectivity index is 2.56. The first-order chi connectivity index (χ1) is 8.90. The molecule has 0 heterocycles. The zero-order valence-electron chi connectivity index (χ0n) is 10.4. The topological polar surface area (TPSA) is 17.1 Å². The van der Waals surface area contributed by atoms with E-state index in [-0.39, 0.29) is 11.1 Å². The van der Waals surface area contributed by atoms with Gasteiger partial charge in [-0.3, -0.25) is 4.79 Å². The fourth-order valence-electron chi connectivity index (χ4n) is 1.77. The highest BCUT2D eigenvalue weighted by Gasteiger charge is 2.18. The van der Waals surface area contributed by atoms with Gasteiger partial charge in [0.2, 0.25) is 0 Å². The first-order valence-electron chi connectivity index (χ1n) is 5.66. The SMILES string of the molecule is Cc1cc(Cl)c(C(=O)c2cc(Cl)ccc2F)cc1C. The van der Waals surface area contributed by atoms with E-state index in [0.717, 1.165) is 11.1 Å². The van der Waals surface area contributed by atoms with Gasteiger partial charge in [-0.25, -0.2) is 4.39 Å². The van der Waals surface area contributed by atoms with Crippen molar-refractivity contribution in [2.75, 3.05) is 0 Å². The smallest absolute Gasteiger partial charge is 0.197 e. The summed E-state index contributed by atoms with van der Waals surface area (Å²) >= 11 is 11.9. The van der Waals surface area contributed by atoms with Crippen LogP contribution in [0.5, 0.6) is 0 Å². The second kappa shape index (κ2) is 5.32. The molecule has 0 spiro atoms. The molecule has 0 aliphatic carbocycles. The maximum absolute atomic E-state index is 13.7. The van der Waals surface area contributed by atoms with Crippen LogP contribution in [0.3, 0.4) is 0 Å². The van der Waals surface area contributed by atoms with E-state index >= 15 is 0 Å². The second-order valence-electron chi connectivity index (χ2n) is 4.37. The molecule has 0 bridgehead atoms. The Labute approximate surface area is 121 Å². The van der Waals surface area contributed by atoms with Crippen molar-refractivity contribution in [3.63, 3.8) is 0 Å². The molecule has 0 fully saturated rings. The van der Waals surface area contributed by atoms with Crippen LogP contribution in [0, 0.1) is 19.7 Å². The van der Waals surface area contributed by atoms with E-state index < -0.39 is 11.6 Å². The number of aryl methyl sites for hydroxylation is 2. The maximum Gasteiger partial charge on any atom is 0.197 e. The Morgan fingerprint density at radius 3 is 2.32 bits per heavy atom. The third-order valence-electron chi connectivity index (χ3n) is 3.00. The molecule has 0 atom stereocenters. The minimum atomic E-state index is -0.608. The number of hydrogen-bond donors (Lipinski definition) is 0. The number of carbonyl (C=O) groups is 1. The molecule has 0 unspecified atom stereocenters. The summed E-state index contributed by atoms with van der Waals surface area (Å²) in [5.41, 5.74) is 2.12. The Morgan fingerprint density at radius 1 is 1.00 bits per heavy atom.